The van der Waals surface area contributed by atoms with Crippen molar-refractivity contribution < 1.29 is 19.4 Å². The van der Waals surface area contributed by atoms with Crippen LogP contribution in [0.1, 0.15) is 90.0 Å². The van der Waals surface area contributed by atoms with E-state index in [4.69, 9.17) is 4.74 Å². The second-order valence-corrected chi connectivity index (χ2v) is 8.46. The van der Waals surface area contributed by atoms with Crippen molar-refractivity contribution in [3.63, 3.8) is 0 Å². The van der Waals surface area contributed by atoms with E-state index in [1.54, 1.807) is 6.92 Å². The third-order valence-corrected chi connectivity index (χ3v) is 6.19. The van der Waals surface area contributed by atoms with Crippen LogP contribution >= 0.6 is 0 Å². The number of hydrogen-bond acceptors (Lipinski definition) is 3. The average molecular weight is 389 g/mol. The van der Waals surface area contributed by atoms with Gasteiger partial charge in [-0.15, -0.1) is 0 Å². The van der Waals surface area contributed by atoms with Gasteiger partial charge < -0.3 is 9.84 Å². The number of benzene rings is 1. The highest BCUT2D eigenvalue weighted by atomic mass is 16.5. The molecule has 4 nitrogen and oxygen atoms in total. The van der Waals surface area contributed by atoms with Gasteiger partial charge in [-0.3, -0.25) is 9.59 Å². The molecule has 28 heavy (non-hydrogen) atoms. The summed E-state index contributed by atoms with van der Waals surface area (Å²) in [6.45, 7) is 3.91. The maximum absolute atomic E-state index is 12.6. The Balaban J connectivity index is 1.80. The number of unbranched alkanes of at least 4 members (excludes halogenated alkanes) is 6. The van der Waals surface area contributed by atoms with E-state index >= 15 is 0 Å². The molecular formula is C24H36O4. The zero-order chi connectivity index (χ0) is 20.4. The lowest BCUT2D eigenvalue weighted by atomic mass is 9.67. The Kier molecular flexibility index (Phi) is 9.01. The number of aliphatic carboxylic acids is 1. The Morgan fingerprint density at radius 2 is 1.68 bits per heavy atom. The van der Waals surface area contributed by atoms with Crippen molar-refractivity contribution in [2.24, 2.45) is 11.3 Å². The van der Waals surface area contributed by atoms with Crippen LogP contribution in [0, 0.1) is 11.3 Å². The lowest BCUT2D eigenvalue weighted by molar-refractivity contribution is -0.162. The maximum Gasteiger partial charge on any atom is 0.315 e. The minimum Gasteiger partial charge on any atom is -0.481 e. The van der Waals surface area contributed by atoms with Crippen molar-refractivity contribution >= 4 is 11.9 Å². The van der Waals surface area contributed by atoms with Crippen molar-refractivity contribution in [1.82, 2.24) is 0 Å². The lowest BCUT2D eigenvalue weighted by Gasteiger charge is -2.36. The van der Waals surface area contributed by atoms with Gasteiger partial charge >= 0.3 is 11.9 Å². The van der Waals surface area contributed by atoms with Crippen LogP contribution in [0.25, 0.3) is 0 Å². The largest absolute Gasteiger partial charge is 0.481 e. The van der Waals surface area contributed by atoms with Crippen LogP contribution in [-0.4, -0.2) is 17.0 Å². The molecule has 2 unspecified atom stereocenters. The molecule has 0 amide bonds. The predicted molar refractivity (Wildman–Crippen MR) is 111 cm³/mol. The van der Waals surface area contributed by atoms with E-state index in [1.807, 2.05) is 24.3 Å². The first-order chi connectivity index (χ1) is 13.5. The van der Waals surface area contributed by atoms with Gasteiger partial charge in [0.15, 0.2) is 0 Å². The molecule has 1 aliphatic rings. The van der Waals surface area contributed by atoms with Gasteiger partial charge in [0.2, 0.25) is 0 Å². The molecule has 0 aromatic heterocycles. The standard InChI is InChI=1S/C24H36O4/c1-3-4-5-6-7-8-9-12-19-14-16-20(17-15-19)28-22(25)21-13-10-11-18-24(21,2)23(26)27/h14-17,21H,3-13,18H2,1-2H3,(H,26,27). The first-order valence-corrected chi connectivity index (χ1v) is 11.0. The van der Waals surface area contributed by atoms with Crippen LogP contribution in [0.2, 0.25) is 0 Å². The van der Waals surface area contributed by atoms with Crippen LogP contribution < -0.4 is 4.74 Å². The van der Waals surface area contributed by atoms with Crippen LogP contribution in [0.15, 0.2) is 24.3 Å². The van der Waals surface area contributed by atoms with E-state index in [2.05, 4.69) is 6.92 Å². The quantitative estimate of drug-likeness (QED) is 0.280. The summed E-state index contributed by atoms with van der Waals surface area (Å²) in [5.41, 5.74) is 0.230. The SMILES string of the molecule is CCCCCCCCCc1ccc(OC(=O)C2CCCCC2(C)C(=O)O)cc1. The highest BCUT2D eigenvalue weighted by Gasteiger charge is 2.47. The Hall–Kier alpha value is -1.84. The second-order valence-electron chi connectivity index (χ2n) is 8.46. The summed E-state index contributed by atoms with van der Waals surface area (Å²) in [6, 6.07) is 7.68. The van der Waals surface area contributed by atoms with Crippen molar-refractivity contribution in [1.29, 1.82) is 0 Å². The molecule has 1 fully saturated rings. The molecule has 4 heteroatoms. The number of hydrogen-bond donors (Lipinski definition) is 1. The third kappa shape index (κ3) is 6.35. The number of rotatable bonds is 11. The van der Waals surface area contributed by atoms with Crippen molar-refractivity contribution in [3.05, 3.63) is 29.8 Å². The third-order valence-electron chi connectivity index (χ3n) is 6.19. The molecule has 1 N–H and O–H groups in total. The molecule has 156 valence electrons. The van der Waals surface area contributed by atoms with E-state index in [1.165, 1.54) is 50.5 Å². The van der Waals surface area contributed by atoms with Crippen LogP contribution in [0.5, 0.6) is 5.75 Å². The summed E-state index contributed by atoms with van der Waals surface area (Å²) in [5.74, 6) is -1.39. The van der Waals surface area contributed by atoms with Crippen LogP contribution in [0.3, 0.4) is 0 Å². The molecule has 1 aliphatic carbocycles. The molecule has 0 aliphatic heterocycles. The van der Waals surface area contributed by atoms with Crippen LogP contribution in [0.4, 0.5) is 0 Å². The number of ether oxygens (including phenoxy) is 1. The summed E-state index contributed by atoms with van der Waals surface area (Å²) in [5, 5.41) is 9.57. The first-order valence-electron chi connectivity index (χ1n) is 11.0. The van der Waals surface area contributed by atoms with Crippen LogP contribution in [-0.2, 0) is 16.0 Å². The van der Waals surface area contributed by atoms with E-state index in [0.29, 0.717) is 18.6 Å². The van der Waals surface area contributed by atoms with Gasteiger partial charge in [-0.2, -0.15) is 0 Å². The van der Waals surface area contributed by atoms with E-state index in [0.717, 1.165) is 19.3 Å². The Morgan fingerprint density at radius 3 is 2.32 bits per heavy atom. The Bertz CT molecular complexity index is 622. The molecule has 0 heterocycles. The molecule has 0 radical (unpaired) electrons. The number of aryl methyl sites for hydroxylation is 1. The highest BCUT2D eigenvalue weighted by Crippen LogP contribution is 2.42. The van der Waals surface area contributed by atoms with Crippen molar-refractivity contribution in [2.45, 2.75) is 90.9 Å². The molecule has 0 saturated heterocycles. The maximum atomic E-state index is 12.6. The fourth-order valence-electron chi connectivity index (χ4n) is 4.17. The molecule has 1 aromatic rings. The zero-order valence-electron chi connectivity index (χ0n) is 17.5. The number of carbonyl (C=O) groups is 2. The molecule has 0 bridgehead atoms. The molecular weight excluding hydrogens is 352 g/mol. The normalized spacial score (nSPS) is 22.0. The highest BCUT2D eigenvalue weighted by molar-refractivity contribution is 5.85. The van der Waals surface area contributed by atoms with Gasteiger partial charge in [-0.25, -0.2) is 0 Å². The van der Waals surface area contributed by atoms with Gasteiger partial charge in [0.05, 0.1) is 11.3 Å². The molecule has 1 saturated carbocycles. The molecule has 0 spiro atoms. The summed E-state index contributed by atoms with van der Waals surface area (Å²) in [4.78, 5) is 24.3. The fraction of sp³-hybridized carbons (Fsp3) is 0.667. The number of carbonyl (C=O) groups excluding carboxylic acids is 1. The lowest BCUT2D eigenvalue weighted by Crippen LogP contribution is -2.44. The molecule has 2 rings (SSSR count). The number of esters is 1. The predicted octanol–water partition coefficient (Wildman–Crippen LogP) is 6.17. The molecule has 2 atom stereocenters. The van der Waals surface area contributed by atoms with E-state index < -0.39 is 23.3 Å². The summed E-state index contributed by atoms with van der Waals surface area (Å²) in [6.07, 6.45) is 12.9. The van der Waals surface area contributed by atoms with Gasteiger partial charge in [0.1, 0.15) is 5.75 Å². The summed E-state index contributed by atoms with van der Waals surface area (Å²) < 4.78 is 5.53. The first kappa shape index (κ1) is 22.4. The minimum absolute atomic E-state index is 0.413. The minimum atomic E-state index is -1.02. The van der Waals surface area contributed by atoms with Gasteiger partial charge in [-0.05, 0) is 50.3 Å². The van der Waals surface area contributed by atoms with Gasteiger partial charge in [-0.1, -0.05) is 70.4 Å². The van der Waals surface area contributed by atoms with Crippen molar-refractivity contribution in [2.75, 3.05) is 0 Å². The Labute approximate surface area is 169 Å². The van der Waals surface area contributed by atoms with E-state index in [-0.39, 0.29) is 0 Å². The van der Waals surface area contributed by atoms with Gasteiger partial charge in [0.25, 0.3) is 0 Å². The smallest absolute Gasteiger partial charge is 0.315 e. The monoisotopic (exact) mass is 388 g/mol. The van der Waals surface area contributed by atoms with Crippen molar-refractivity contribution in [3.8, 4) is 5.75 Å². The summed E-state index contributed by atoms with van der Waals surface area (Å²) >= 11 is 0. The molecule has 1 aromatic carbocycles. The van der Waals surface area contributed by atoms with E-state index in [9.17, 15) is 14.7 Å². The summed E-state index contributed by atoms with van der Waals surface area (Å²) in [7, 11) is 0. The Morgan fingerprint density at radius 1 is 1.04 bits per heavy atom. The number of carboxylic acid groups (broad SMARTS) is 1. The van der Waals surface area contributed by atoms with Gasteiger partial charge in [0, 0.05) is 0 Å². The topological polar surface area (TPSA) is 63.6 Å². The number of carboxylic acids is 1. The fourth-order valence-corrected chi connectivity index (χ4v) is 4.17. The zero-order valence-corrected chi connectivity index (χ0v) is 17.5. The average Bonchev–Trinajstić information content (AvgIpc) is 2.68. The second kappa shape index (κ2) is 11.2.